The fourth-order valence-corrected chi connectivity index (χ4v) is 1.93. The van der Waals surface area contributed by atoms with Crippen LogP contribution in [0.4, 0.5) is 5.69 Å². The van der Waals surface area contributed by atoms with Crippen molar-refractivity contribution >= 4 is 23.1 Å². The van der Waals surface area contributed by atoms with Gasteiger partial charge < -0.3 is 5.73 Å². The summed E-state index contributed by atoms with van der Waals surface area (Å²) in [4.78, 5) is 11.8. The van der Waals surface area contributed by atoms with Gasteiger partial charge in [0.1, 0.15) is 5.78 Å². The molecule has 1 aromatic carbocycles. The highest BCUT2D eigenvalue weighted by atomic mass is 35.5. The molecule has 1 unspecified atom stereocenters. The van der Waals surface area contributed by atoms with E-state index >= 15 is 0 Å². The van der Waals surface area contributed by atoms with E-state index in [9.17, 15) is 4.79 Å². The zero-order chi connectivity index (χ0) is 12.3. The Hall–Kier alpha value is -1.28. The standard InChI is InChI=1S/C13H16ClNO/c1-4-9(12(16)5-2)13-8(3)10(14)6-7-11(13)15/h4,6-7,9H,1,5,15H2,2-3H3. The van der Waals surface area contributed by atoms with Crippen LogP contribution in [0, 0.1) is 6.92 Å². The van der Waals surface area contributed by atoms with Gasteiger partial charge in [0, 0.05) is 17.1 Å². The maximum Gasteiger partial charge on any atom is 0.143 e. The first-order chi connectivity index (χ1) is 7.52. The van der Waals surface area contributed by atoms with E-state index in [2.05, 4.69) is 6.58 Å². The molecule has 86 valence electrons. The highest BCUT2D eigenvalue weighted by molar-refractivity contribution is 6.31. The van der Waals surface area contributed by atoms with Gasteiger partial charge in [0.15, 0.2) is 0 Å². The number of anilines is 1. The molecule has 0 heterocycles. The molecule has 1 aromatic rings. The average molecular weight is 238 g/mol. The largest absolute Gasteiger partial charge is 0.398 e. The van der Waals surface area contributed by atoms with Gasteiger partial charge in [0.2, 0.25) is 0 Å². The number of halogens is 1. The number of nitrogens with two attached hydrogens (primary N) is 1. The number of Topliss-reactive ketones (excluding diaryl/α,β-unsaturated/α-hetero) is 1. The first-order valence-electron chi connectivity index (χ1n) is 5.22. The van der Waals surface area contributed by atoms with Crippen molar-refractivity contribution in [3.05, 3.63) is 40.9 Å². The molecule has 16 heavy (non-hydrogen) atoms. The molecule has 2 N–H and O–H groups in total. The van der Waals surface area contributed by atoms with Gasteiger partial charge in [0.25, 0.3) is 0 Å². The quantitative estimate of drug-likeness (QED) is 0.644. The molecule has 0 aliphatic carbocycles. The highest BCUT2D eigenvalue weighted by Gasteiger charge is 2.20. The number of hydrogen-bond acceptors (Lipinski definition) is 2. The van der Waals surface area contributed by atoms with Gasteiger partial charge in [-0.2, -0.15) is 0 Å². The number of ketones is 1. The Balaban J connectivity index is 3.35. The van der Waals surface area contributed by atoms with Gasteiger partial charge in [-0.25, -0.2) is 0 Å². The molecular weight excluding hydrogens is 222 g/mol. The maximum atomic E-state index is 11.8. The number of hydrogen-bond donors (Lipinski definition) is 1. The summed E-state index contributed by atoms with van der Waals surface area (Å²) in [6.07, 6.45) is 2.09. The number of carbonyl (C=O) groups is 1. The van der Waals surface area contributed by atoms with E-state index in [4.69, 9.17) is 17.3 Å². The summed E-state index contributed by atoms with van der Waals surface area (Å²) in [6.45, 7) is 7.40. The van der Waals surface area contributed by atoms with Crippen molar-refractivity contribution in [2.45, 2.75) is 26.2 Å². The maximum absolute atomic E-state index is 11.8. The van der Waals surface area contributed by atoms with E-state index in [0.717, 1.165) is 11.1 Å². The highest BCUT2D eigenvalue weighted by Crippen LogP contribution is 2.32. The van der Waals surface area contributed by atoms with E-state index in [1.807, 2.05) is 13.8 Å². The molecule has 1 atom stereocenters. The van der Waals surface area contributed by atoms with Crippen LogP contribution in [0.1, 0.15) is 30.4 Å². The molecule has 0 fully saturated rings. The van der Waals surface area contributed by atoms with Crippen LogP contribution in [0.15, 0.2) is 24.8 Å². The van der Waals surface area contributed by atoms with Crippen molar-refractivity contribution in [1.29, 1.82) is 0 Å². The molecular formula is C13H16ClNO. The van der Waals surface area contributed by atoms with Crippen LogP contribution < -0.4 is 5.73 Å². The summed E-state index contributed by atoms with van der Waals surface area (Å²) in [5, 5.41) is 0.625. The molecule has 0 aromatic heterocycles. The van der Waals surface area contributed by atoms with Crippen LogP contribution in [0.25, 0.3) is 0 Å². The summed E-state index contributed by atoms with van der Waals surface area (Å²) in [7, 11) is 0. The fourth-order valence-electron chi connectivity index (χ4n) is 1.77. The Morgan fingerprint density at radius 1 is 1.62 bits per heavy atom. The average Bonchev–Trinajstić information content (AvgIpc) is 2.28. The number of carbonyl (C=O) groups excluding carboxylic acids is 1. The second-order valence-electron chi connectivity index (χ2n) is 3.71. The first kappa shape index (κ1) is 12.8. The molecule has 0 saturated heterocycles. The molecule has 0 spiro atoms. The second-order valence-corrected chi connectivity index (χ2v) is 4.12. The third-order valence-corrected chi connectivity index (χ3v) is 3.13. The number of allylic oxidation sites excluding steroid dienone is 1. The summed E-state index contributed by atoms with van der Waals surface area (Å²) < 4.78 is 0. The minimum absolute atomic E-state index is 0.104. The lowest BCUT2D eigenvalue weighted by Gasteiger charge is -2.17. The van der Waals surface area contributed by atoms with Crippen LogP contribution in [0.3, 0.4) is 0 Å². The van der Waals surface area contributed by atoms with Crippen LogP contribution in [-0.4, -0.2) is 5.78 Å². The monoisotopic (exact) mass is 237 g/mol. The van der Waals surface area contributed by atoms with Crippen LogP contribution in [0.2, 0.25) is 5.02 Å². The Kier molecular flexibility index (Phi) is 4.13. The Bertz CT molecular complexity index is 426. The van der Waals surface area contributed by atoms with Crippen molar-refractivity contribution in [3.8, 4) is 0 Å². The fraction of sp³-hybridized carbons (Fsp3) is 0.308. The van der Waals surface area contributed by atoms with E-state index in [1.165, 1.54) is 0 Å². The number of nitrogen functional groups attached to an aromatic ring is 1. The third kappa shape index (κ3) is 2.27. The normalized spacial score (nSPS) is 12.2. The van der Waals surface area contributed by atoms with E-state index in [1.54, 1.807) is 18.2 Å². The molecule has 1 rings (SSSR count). The molecule has 2 nitrogen and oxygen atoms in total. The summed E-state index contributed by atoms with van der Waals surface area (Å²) in [6, 6.07) is 3.47. The predicted octanol–water partition coefficient (Wildman–Crippen LogP) is 3.48. The lowest BCUT2D eigenvalue weighted by molar-refractivity contribution is -0.119. The van der Waals surface area contributed by atoms with E-state index in [0.29, 0.717) is 17.1 Å². The molecule has 0 radical (unpaired) electrons. The Morgan fingerprint density at radius 3 is 2.75 bits per heavy atom. The summed E-state index contributed by atoms with van der Waals surface area (Å²) in [5.41, 5.74) is 8.13. The molecule has 0 saturated carbocycles. The second kappa shape index (κ2) is 5.17. The van der Waals surface area contributed by atoms with Crippen LogP contribution in [0.5, 0.6) is 0 Å². The Morgan fingerprint density at radius 2 is 2.25 bits per heavy atom. The minimum atomic E-state index is -0.358. The number of benzene rings is 1. The van der Waals surface area contributed by atoms with Crippen molar-refractivity contribution in [2.75, 3.05) is 5.73 Å². The van der Waals surface area contributed by atoms with Gasteiger partial charge in [-0.3, -0.25) is 4.79 Å². The van der Waals surface area contributed by atoms with Gasteiger partial charge in [-0.05, 0) is 30.2 Å². The molecule has 3 heteroatoms. The molecule has 0 bridgehead atoms. The van der Waals surface area contributed by atoms with E-state index in [-0.39, 0.29) is 11.7 Å². The van der Waals surface area contributed by atoms with Crippen LogP contribution >= 0.6 is 11.6 Å². The number of rotatable bonds is 4. The molecule has 0 aliphatic rings. The van der Waals surface area contributed by atoms with E-state index < -0.39 is 0 Å². The van der Waals surface area contributed by atoms with Gasteiger partial charge in [-0.15, -0.1) is 6.58 Å². The third-order valence-electron chi connectivity index (χ3n) is 2.72. The predicted molar refractivity (Wildman–Crippen MR) is 68.8 cm³/mol. The summed E-state index contributed by atoms with van der Waals surface area (Å²) >= 11 is 6.03. The first-order valence-corrected chi connectivity index (χ1v) is 5.60. The van der Waals surface area contributed by atoms with Gasteiger partial charge in [0.05, 0.1) is 5.92 Å². The van der Waals surface area contributed by atoms with Gasteiger partial charge in [-0.1, -0.05) is 24.6 Å². The molecule has 0 amide bonds. The Labute approximate surface area is 101 Å². The minimum Gasteiger partial charge on any atom is -0.398 e. The van der Waals surface area contributed by atoms with Crippen molar-refractivity contribution in [3.63, 3.8) is 0 Å². The lowest BCUT2D eigenvalue weighted by Crippen LogP contribution is -2.12. The smallest absolute Gasteiger partial charge is 0.143 e. The summed E-state index contributed by atoms with van der Waals surface area (Å²) in [5.74, 6) is -0.254. The van der Waals surface area contributed by atoms with Crippen molar-refractivity contribution in [1.82, 2.24) is 0 Å². The van der Waals surface area contributed by atoms with Crippen LogP contribution in [-0.2, 0) is 4.79 Å². The van der Waals surface area contributed by atoms with Gasteiger partial charge >= 0.3 is 0 Å². The zero-order valence-electron chi connectivity index (χ0n) is 9.59. The SMILES string of the molecule is C=CC(C(=O)CC)c1c(N)ccc(Cl)c1C. The topological polar surface area (TPSA) is 43.1 Å². The van der Waals surface area contributed by atoms with Crippen molar-refractivity contribution < 1.29 is 4.79 Å². The lowest BCUT2D eigenvalue weighted by atomic mass is 9.89. The zero-order valence-corrected chi connectivity index (χ0v) is 10.3. The van der Waals surface area contributed by atoms with Crippen molar-refractivity contribution in [2.24, 2.45) is 0 Å². The molecule has 0 aliphatic heterocycles.